The summed E-state index contributed by atoms with van der Waals surface area (Å²) >= 11 is 0. The second-order valence-electron chi connectivity index (χ2n) is 8.54. The van der Waals surface area contributed by atoms with E-state index in [1.807, 2.05) is 19.1 Å². The highest BCUT2D eigenvalue weighted by Gasteiger charge is 2.41. The minimum Gasteiger partial charge on any atom is -0.483 e. The summed E-state index contributed by atoms with van der Waals surface area (Å²) in [5.41, 5.74) is 0.760. The average molecular weight is 377 g/mol. The van der Waals surface area contributed by atoms with Gasteiger partial charge in [0, 0.05) is 5.56 Å². The second-order valence-corrected chi connectivity index (χ2v) is 13.3. The Kier molecular flexibility index (Phi) is 6.86. The first-order valence-electron chi connectivity index (χ1n) is 9.57. The molecular weight excluding hydrogens is 343 g/mol. The molecule has 0 saturated carbocycles. The summed E-state index contributed by atoms with van der Waals surface area (Å²) in [6, 6.07) is 4.68. The van der Waals surface area contributed by atoms with Gasteiger partial charge in [0.1, 0.15) is 17.7 Å². The van der Waals surface area contributed by atoms with Crippen molar-refractivity contribution < 1.29 is 13.6 Å². The van der Waals surface area contributed by atoms with Gasteiger partial charge in [-0.25, -0.2) is 4.39 Å². The predicted octanol–water partition coefficient (Wildman–Crippen LogP) is 6.74. The Morgan fingerprint density at radius 1 is 1.23 bits per heavy atom. The predicted molar refractivity (Wildman–Crippen MR) is 111 cm³/mol. The third-order valence-corrected chi connectivity index (χ3v) is 9.89. The van der Waals surface area contributed by atoms with Crippen LogP contribution in [0.15, 0.2) is 36.4 Å². The fourth-order valence-corrected chi connectivity index (χ4v) is 4.20. The number of allylic oxidation sites excluding steroid dienone is 2. The molecular formula is C22H33FO2Si. The summed E-state index contributed by atoms with van der Waals surface area (Å²) in [6.45, 7) is 13.2. The molecule has 2 nitrogen and oxygen atoms in total. The molecule has 0 aliphatic heterocycles. The number of benzene rings is 1. The average Bonchev–Trinajstić information content (AvgIpc) is 2.74. The van der Waals surface area contributed by atoms with Gasteiger partial charge in [-0.15, -0.1) is 0 Å². The van der Waals surface area contributed by atoms with E-state index < -0.39 is 8.32 Å². The number of hydrogen-bond acceptors (Lipinski definition) is 2. The van der Waals surface area contributed by atoms with Gasteiger partial charge in [-0.1, -0.05) is 39.0 Å². The van der Waals surface area contributed by atoms with E-state index in [1.165, 1.54) is 12.1 Å². The van der Waals surface area contributed by atoms with E-state index in [0.29, 0.717) is 5.75 Å². The topological polar surface area (TPSA) is 18.5 Å². The molecule has 144 valence electrons. The van der Waals surface area contributed by atoms with E-state index in [1.54, 1.807) is 6.07 Å². The number of halogens is 1. The highest BCUT2D eigenvalue weighted by molar-refractivity contribution is 6.74. The molecule has 1 aromatic rings. The quantitative estimate of drug-likeness (QED) is 0.418. The first kappa shape index (κ1) is 20.9. The van der Waals surface area contributed by atoms with Crippen LogP contribution in [0.1, 0.15) is 52.5 Å². The molecule has 0 N–H and O–H groups in total. The maximum absolute atomic E-state index is 13.6. The summed E-state index contributed by atoms with van der Waals surface area (Å²) in [4.78, 5) is 0. The van der Waals surface area contributed by atoms with Crippen molar-refractivity contribution in [3.63, 3.8) is 0 Å². The third-order valence-electron chi connectivity index (χ3n) is 5.38. The van der Waals surface area contributed by atoms with Crippen LogP contribution in [0.3, 0.4) is 0 Å². The first-order chi connectivity index (χ1) is 12.1. The summed E-state index contributed by atoms with van der Waals surface area (Å²) in [6.07, 6.45) is 11.1. The number of hydrogen-bond donors (Lipinski definition) is 0. The standard InChI is InChI=1S/C22H33FO2Si/c1-7-11-17-16-18(23)14-15-19(17)24-20-12-9-8-10-13-21(20)25-26(5,6)22(2,3)4/h7,9,11-12,14-16,20-21H,8,10,13H2,1-6H3/t20?,21-/m1/s1. The fourth-order valence-electron chi connectivity index (χ4n) is 2.83. The van der Waals surface area contributed by atoms with Crippen LogP contribution in [0.2, 0.25) is 18.1 Å². The van der Waals surface area contributed by atoms with Crippen molar-refractivity contribution in [1.82, 2.24) is 0 Å². The Balaban J connectivity index is 2.27. The molecule has 0 aromatic heterocycles. The van der Waals surface area contributed by atoms with Crippen LogP contribution < -0.4 is 4.74 Å². The molecule has 26 heavy (non-hydrogen) atoms. The highest BCUT2D eigenvalue weighted by atomic mass is 28.4. The monoisotopic (exact) mass is 376 g/mol. The lowest BCUT2D eigenvalue weighted by molar-refractivity contribution is 0.0668. The largest absolute Gasteiger partial charge is 0.483 e. The van der Waals surface area contributed by atoms with Crippen LogP contribution in [-0.2, 0) is 4.43 Å². The van der Waals surface area contributed by atoms with Crippen LogP contribution in [-0.4, -0.2) is 20.5 Å². The lowest BCUT2D eigenvalue weighted by Gasteiger charge is -2.40. The van der Waals surface area contributed by atoms with Crippen LogP contribution in [0.5, 0.6) is 5.75 Å². The van der Waals surface area contributed by atoms with E-state index in [0.717, 1.165) is 24.8 Å². The lowest BCUT2D eigenvalue weighted by Crippen LogP contribution is -2.47. The molecule has 0 bridgehead atoms. The van der Waals surface area contributed by atoms with Gasteiger partial charge in [0.25, 0.3) is 0 Å². The van der Waals surface area contributed by atoms with Crippen molar-refractivity contribution in [2.45, 2.75) is 77.3 Å². The zero-order valence-electron chi connectivity index (χ0n) is 17.0. The minimum absolute atomic E-state index is 0.0261. The van der Waals surface area contributed by atoms with Crippen LogP contribution in [0.25, 0.3) is 6.08 Å². The minimum atomic E-state index is -1.90. The van der Waals surface area contributed by atoms with Crippen molar-refractivity contribution in [2.75, 3.05) is 0 Å². The Morgan fingerprint density at radius 2 is 1.96 bits per heavy atom. The summed E-state index contributed by atoms with van der Waals surface area (Å²) < 4.78 is 26.7. The van der Waals surface area contributed by atoms with Crippen LogP contribution in [0.4, 0.5) is 4.39 Å². The van der Waals surface area contributed by atoms with Gasteiger partial charge in [-0.2, -0.15) is 0 Å². The molecule has 1 aliphatic carbocycles. The molecule has 0 spiro atoms. The van der Waals surface area contributed by atoms with Gasteiger partial charge in [0.2, 0.25) is 0 Å². The lowest BCUT2D eigenvalue weighted by atomic mass is 10.1. The van der Waals surface area contributed by atoms with E-state index in [9.17, 15) is 4.39 Å². The van der Waals surface area contributed by atoms with Crippen molar-refractivity contribution >= 4 is 14.4 Å². The van der Waals surface area contributed by atoms with E-state index in [-0.39, 0.29) is 23.1 Å². The Labute approximate surface area is 159 Å². The Hall–Kier alpha value is -1.39. The normalized spacial score (nSPS) is 21.8. The molecule has 0 radical (unpaired) electrons. The van der Waals surface area contributed by atoms with Crippen LogP contribution >= 0.6 is 0 Å². The van der Waals surface area contributed by atoms with Gasteiger partial charge in [-0.3, -0.25) is 0 Å². The molecule has 2 atom stereocenters. The number of ether oxygens (including phenoxy) is 1. The second kappa shape index (κ2) is 8.53. The first-order valence-corrected chi connectivity index (χ1v) is 12.5. The van der Waals surface area contributed by atoms with E-state index in [2.05, 4.69) is 46.0 Å². The molecule has 2 rings (SSSR count). The number of rotatable bonds is 5. The molecule has 1 aliphatic rings. The molecule has 0 amide bonds. The molecule has 1 aromatic carbocycles. The van der Waals surface area contributed by atoms with Gasteiger partial charge < -0.3 is 9.16 Å². The molecule has 1 unspecified atom stereocenters. The van der Waals surface area contributed by atoms with Gasteiger partial charge in [-0.05, 0) is 68.6 Å². The molecule has 4 heteroatoms. The molecule has 0 fully saturated rings. The summed E-state index contributed by atoms with van der Waals surface area (Å²) in [5.74, 6) is 0.445. The van der Waals surface area contributed by atoms with Gasteiger partial charge in [0.15, 0.2) is 8.32 Å². The maximum atomic E-state index is 13.6. The summed E-state index contributed by atoms with van der Waals surface area (Å²) in [7, 11) is -1.90. The summed E-state index contributed by atoms with van der Waals surface area (Å²) in [5, 5.41) is 0.152. The zero-order valence-corrected chi connectivity index (χ0v) is 18.0. The Bertz CT molecular complexity index is 659. The molecule has 0 heterocycles. The zero-order chi connectivity index (χ0) is 19.4. The van der Waals surface area contributed by atoms with Crippen molar-refractivity contribution in [3.8, 4) is 5.75 Å². The highest BCUT2D eigenvalue weighted by Crippen LogP contribution is 2.39. The molecule has 0 saturated heterocycles. The smallest absolute Gasteiger partial charge is 0.192 e. The van der Waals surface area contributed by atoms with E-state index in [4.69, 9.17) is 9.16 Å². The maximum Gasteiger partial charge on any atom is 0.192 e. The van der Waals surface area contributed by atoms with Gasteiger partial charge >= 0.3 is 0 Å². The van der Waals surface area contributed by atoms with Crippen molar-refractivity contribution in [1.29, 1.82) is 0 Å². The fraction of sp³-hybridized carbons (Fsp3) is 0.545. The van der Waals surface area contributed by atoms with E-state index >= 15 is 0 Å². The SMILES string of the molecule is CC=Cc1cc(F)ccc1OC1C=CCCC[C@H]1O[Si](C)(C)C(C)(C)C. The van der Waals surface area contributed by atoms with Crippen molar-refractivity contribution in [3.05, 3.63) is 47.8 Å². The third kappa shape index (κ3) is 5.30. The Morgan fingerprint density at radius 3 is 2.62 bits per heavy atom. The van der Waals surface area contributed by atoms with Crippen molar-refractivity contribution in [2.24, 2.45) is 0 Å². The van der Waals surface area contributed by atoms with Gasteiger partial charge in [0.05, 0.1) is 6.10 Å². The van der Waals surface area contributed by atoms with Crippen LogP contribution in [0, 0.1) is 5.82 Å².